The van der Waals surface area contributed by atoms with Crippen LogP contribution in [0.2, 0.25) is 0 Å². The van der Waals surface area contributed by atoms with Gasteiger partial charge in [-0.05, 0) is 24.6 Å². The number of aromatic nitrogens is 2. The SMILES string of the molecule is Cc1sc2ncn(CCC#N)c(=O)c2c1-c1ccc(F)cc1. The molecule has 0 N–H and O–H groups in total. The lowest BCUT2D eigenvalue weighted by atomic mass is 10.0. The van der Waals surface area contributed by atoms with E-state index in [2.05, 4.69) is 4.98 Å². The smallest absolute Gasteiger partial charge is 0.262 e. The van der Waals surface area contributed by atoms with E-state index in [1.807, 2.05) is 13.0 Å². The maximum Gasteiger partial charge on any atom is 0.262 e. The molecular formula is C16H12FN3OS. The number of halogens is 1. The van der Waals surface area contributed by atoms with Crippen molar-refractivity contribution in [1.82, 2.24) is 9.55 Å². The van der Waals surface area contributed by atoms with Crippen LogP contribution in [0.15, 0.2) is 35.4 Å². The van der Waals surface area contributed by atoms with Crippen molar-refractivity contribution in [3.05, 3.63) is 51.6 Å². The average molecular weight is 313 g/mol. The molecule has 0 unspecified atom stereocenters. The van der Waals surface area contributed by atoms with Crippen LogP contribution < -0.4 is 5.56 Å². The summed E-state index contributed by atoms with van der Waals surface area (Å²) in [5, 5.41) is 9.21. The molecule has 0 aliphatic carbocycles. The molecule has 0 saturated heterocycles. The van der Waals surface area contributed by atoms with Crippen molar-refractivity contribution in [3.8, 4) is 17.2 Å². The average Bonchev–Trinajstić information content (AvgIpc) is 2.85. The third-order valence-corrected chi connectivity index (χ3v) is 4.47. The van der Waals surface area contributed by atoms with Crippen molar-refractivity contribution in [3.63, 3.8) is 0 Å². The first-order chi connectivity index (χ1) is 10.6. The highest BCUT2D eigenvalue weighted by Crippen LogP contribution is 2.35. The van der Waals surface area contributed by atoms with Gasteiger partial charge in [-0.3, -0.25) is 9.36 Å². The number of hydrogen-bond donors (Lipinski definition) is 0. The summed E-state index contributed by atoms with van der Waals surface area (Å²) in [6.45, 7) is 2.24. The van der Waals surface area contributed by atoms with Crippen LogP contribution >= 0.6 is 11.3 Å². The Bertz CT molecular complexity index is 935. The van der Waals surface area contributed by atoms with E-state index in [0.717, 1.165) is 16.0 Å². The van der Waals surface area contributed by atoms with Gasteiger partial charge < -0.3 is 0 Å². The molecule has 6 heteroatoms. The molecule has 22 heavy (non-hydrogen) atoms. The number of rotatable bonds is 3. The van der Waals surface area contributed by atoms with E-state index in [1.54, 1.807) is 12.1 Å². The number of aryl methyl sites for hydroxylation is 2. The highest BCUT2D eigenvalue weighted by Gasteiger charge is 2.16. The van der Waals surface area contributed by atoms with Gasteiger partial charge in [0, 0.05) is 17.0 Å². The Morgan fingerprint density at radius 3 is 2.77 bits per heavy atom. The van der Waals surface area contributed by atoms with Crippen molar-refractivity contribution >= 4 is 21.6 Å². The predicted molar refractivity (Wildman–Crippen MR) is 84.2 cm³/mol. The lowest BCUT2D eigenvalue weighted by molar-refractivity contribution is 0.628. The third kappa shape index (κ3) is 2.40. The molecule has 3 rings (SSSR count). The summed E-state index contributed by atoms with van der Waals surface area (Å²) in [4.78, 5) is 18.6. The first kappa shape index (κ1) is 14.4. The van der Waals surface area contributed by atoms with E-state index in [9.17, 15) is 9.18 Å². The number of benzene rings is 1. The van der Waals surface area contributed by atoms with Gasteiger partial charge >= 0.3 is 0 Å². The largest absolute Gasteiger partial charge is 0.298 e. The molecule has 4 nitrogen and oxygen atoms in total. The minimum Gasteiger partial charge on any atom is -0.298 e. The lowest BCUT2D eigenvalue weighted by Crippen LogP contribution is -2.20. The van der Waals surface area contributed by atoms with Gasteiger partial charge in [0.15, 0.2) is 0 Å². The first-order valence-electron chi connectivity index (χ1n) is 6.73. The molecule has 0 amide bonds. The van der Waals surface area contributed by atoms with Gasteiger partial charge in [-0.15, -0.1) is 11.3 Å². The van der Waals surface area contributed by atoms with Gasteiger partial charge in [-0.2, -0.15) is 5.26 Å². The molecule has 2 heterocycles. The fraction of sp³-hybridized carbons (Fsp3) is 0.188. The Kier molecular flexibility index (Phi) is 3.73. The maximum atomic E-state index is 13.1. The molecule has 1 aromatic carbocycles. The molecule has 2 aromatic heterocycles. The number of thiophene rings is 1. The van der Waals surface area contributed by atoms with Crippen molar-refractivity contribution in [2.24, 2.45) is 0 Å². The van der Waals surface area contributed by atoms with E-state index in [0.29, 0.717) is 16.8 Å². The number of nitriles is 1. The van der Waals surface area contributed by atoms with Gasteiger partial charge in [-0.25, -0.2) is 9.37 Å². The van der Waals surface area contributed by atoms with E-state index in [4.69, 9.17) is 5.26 Å². The zero-order valence-electron chi connectivity index (χ0n) is 11.8. The number of hydrogen-bond acceptors (Lipinski definition) is 4. The van der Waals surface area contributed by atoms with Crippen LogP contribution in [0.4, 0.5) is 4.39 Å². The second kappa shape index (κ2) is 5.70. The van der Waals surface area contributed by atoms with Crippen molar-refractivity contribution in [2.45, 2.75) is 19.9 Å². The van der Waals surface area contributed by atoms with Gasteiger partial charge in [0.1, 0.15) is 10.6 Å². The van der Waals surface area contributed by atoms with Crippen LogP contribution in [0.1, 0.15) is 11.3 Å². The molecule has 110 valence electrons. The normalized spacial score (nSPS) is 10.8. The summed E-state index contributed by atoms with van der Waals surface area (Å²) in [5.74, 6) is -0.314. The summed E-state index contributed by atoms with van der Waals surface area (Å²) in [6.07, 6.45) is 1.73. The first-order valence-corrected chi connectivity index (χ1v) is 7.55. The minimum atomic E-state index is -0.314. The zero-order chi connectivity index (χ0) is 15.7. The molecule has 0 spiro atoms. The molecule has 0 aliphatic rings. The van der Waals surface area contributed by atoms with Gasteiger partial charge in [0.25, 0.3) is 5.56 Å². The predicted octanol–water partition coefficient (Wildman–Crippen LogP) is 3.49. The summed E-state index contributed by atoms with van der Waals surface area (Å²) in [7, 11) is 0. The van der Waals surface area contributed by atoms with Crippen LogP contribution in [-0.4, -0.2) is 9.55 Å². The zero-order valence-corrected chi connectivity index (χ0v) is 12.7. The van der Waals surface area contributed by atoms with Gasteiger partial charge in [0.05, 0.1) is 24.2 Å². The Morgan fingerprint density at radius 2 is 2.09 bits per heavy atom. The third-order valence-electron chi connectivity index (χ3n) is 3.45. The fourth-order valence-corrected chi connectivity index (χ4v) is 3.43. The van der Waals surface area contributed by atoms with Gasteiger partial charge in [-0.1, -0.05) is 12.1 Å². The van der Waals surface area contributed by atoms with E-state index in [1.165, 1.54) is 34.4 Å². The minimum absolute atomic E-state index is 0.163. The molecule has 0 bridgehead atoms. The van der Waals surface area contributed by atoms with Crippen LogP contribution in [0.3, 0.4) is 0 Å². The Morgan fingerprint density at radius 1 is 1.36 bits per heavy atom. The second-order valence-electron chi connectivity index (χ2n) is 4.87. The maximum absolute atomic E-state index is 13.1. The van der Waals surface area contributed by atoms with Crippen molar-refractivity contribution in [2.75, 3.05) is 0 Å². The molecule has 0 radical (unpaired) electrons. The van der Waals surface area contributed by atoms with Crippen LogP contribution in [-0.2, 0) is 6.54 Å². The molecule has 3 aromatic rings. The standard InChI is InChI=1S/C16H12FN3OS/c1-10-13(11-3-5-12(17)6-4-11)14-15(22-10)19-9-20(16(14)21)8-2-7-18/h3-6,9H,2,8H2,1H3. The fourth-order valence-electron chi connectivity index (χ4n) is 2.43. The topological polar surface area (TPSA) is 58.7 Å². The highest BCUT2D eigenvalue weighted by atomic mass is 32.1. The van der Waals surface area contributed by atoms with Crippen LogP contribution in [0.5, 0.6) is 0 Å². The van der Waals surface area contributed by atoms with Crippen LogP contribution in [0.25, 0.3) is 21.3 Å². The Labute approximate surface area is 130 Å². The van der Waals surface area contributed by atoms with Crippen molar-refractivity contribution in [1.29, 1.82) is 5.26 Å². The second-order valence-corrected chi connectivity index (χ2v) is 6.07. The summed E-state index contributed by atoms with van der Waals surface area (Å²) < 4.78 is 14.6. The molecule has 0 fully saturated rings. The molecular weight excluding hydrogens is 301 g/mol. The Hall–Kier alpha value is -2.52. The summed E-state index contributed by atoms with van der Waals surface area (Å²) >= 11 is 1.44. The molecule has 0 aliphatic heterocycles. The molecule has 0 atom stereocenters. The summed E-state index contributed by atoms with van der Waals surface area (Å²) in [6, 6.07) is 8.10. The Balaban J connectivity index is 2.25. The monoisotopic (exact) mass is 313 g/mol. The lowest BCUT2D eigenvalue weighted by Gasteiger charge is -2.04. The van der Waals surface area contributed by atoms with E-state index in [-0.39, 0.29) is 17.8 Å². The van der Waals surface area contributed by atoms with Crippen LogP contribution in [0, 0.1) is 24.1 Å². The number of nitrogens with zero attached hydrogens (tertiary/aromatic N) is 3. The van der Waals surface area contributed by atoms with E-state index >= 15 is 0 Å². The molecule has 0 saturated carbocycles. The summed E-state index contributed by atoms with van der Waals surface area (Å²) in [5.41, 5.74) is 1.43. The quantitative estimate of drug-likeness (QED) is 0.743. The van der Waals surface area contributed by atoms with Gasteiger partial charge in [0.2, 0.25) is 0 Å². The van der Waals surface area contributed by atoms with Crippen molar-refractivity contribution < 1.29 is 4.39 Å². The highest BCUT2D eigenvalue weighted by molar-refractivity contribution is 7.19. The van der Waals surface area contributed by atoms with E-state index < -0.39 is 0 Å². The number of fused-ring (bicyclic) bond motifs is 1.